The molecule has 0 rings (SSSR count). The lowest BCUT2D eigenvalue weighted by Crippen LogP contribution is -2.14. The van der Waals surface area contributed by atoms with Gasteiger partial charge >= 0.3 is 11.9 Å². The van der Waals surface area contributed by atoms with E-state index >= 15 is 0 Å². The van der Waals surface area contributed by atoms with Gasteiger partial charge in [0.25, 0.3) is 0 Å². The van der Waals surface area contributed by atoms with Crippen molar-refractivity contribution in [2.75, 3.05) is 52.9 Å². The Balaban J connectivity index is 3.16. The maximum atomic E-state index is 11.0. The largest absolute Gasteiger partial charge is 0.466 e. The van der Waals surface area contributed by atoms with Gasteiger partial charge in [-0.05, 0) is 13.8 Å². The molecule has 0 saturated carbocycles. The van der Waals surface area contributed by atoms with Crippen molar-refractivity contribution in [3.05, 3.63) is 12.2 Å². The molecule has 7 heteroatoms. The molecule has 0 aliphatic heterocycles. The van der Waals surface area contributed by atoms with E-state index in [9.17, 15) is 9.59 Å². The highest BCUT2D eigenvalue weighted by Gasteiger charge is 2.02. The van der Waals surface area contributed by atoms with Crippen molar-refractivity contribution in [2.24, 2.45) is 0 Å². The predicted octanol–water partition coefficient (Wildman–Crippen LogP) is 1.11. The first kappa shape index (κ1) is 20.6. The minimum atomic E-state index is -0.417. The molecule has 0 spiro atoms. The van der Waals surface area contributed by atoms with Crippen LogP contribution in [0.4, 0.5) is 0 Å². The van der Waals surface area contributed by atoms with Crippen LogP contribution in [0, 0.1) is 0 Å². The molecule has 0 saturated heterocycles. The first-order valence-electron chi connectivity index (χ1n) is 7.29. The Kier molecular flexibility index (Phi) is 13.5. The van der Waals surface area contributed by atoms with E-state index in [2.05, 4.69) is 6.58 Å². The van der Waals surface area contributed by atoms with Crippen LogP contribution in [0.2, 0.25) is 0 Å². The summed E-state index contributed by atoms with van der Waals surface area (Å²) >= 11 is 0. The summed E-state index contributed by atoms with van der Waals surface area (Å²) in [4.78, 5) is 22.0. The lowest BCUT2D eigenvalue weighted by molar-refractivity contribution is -0.144. The third kappa shape index (κ3) is 13.5. The molecule has 0 aliphatic rings. The van der Waals surface area contributed by atoms with Crippen LogP contribution in [0.3, 0.4) is 0 Å². The zero-order valence-corrected chi connectivity index (χ0v) is 13.4. The maximum absolute atomic E-state index is 11.0. The number of hydrogen-bond donors (Lipinski definition) is 0. The standard InChI is InChI=1S/C15H26O7/c1-4-21-14(16)5-6-18-7-8-19-9-10-20-11-12-22-15(17)13(2)3/h2,4-12H2,1,3H3. The van der Waals surface area contributed by atoms with Crippen molar-refractivity contribution in [3.8, 4) is 0 Å². The van der Waals surface area contributed by atoms with Gasteiger partial charge in [0.15, 0.2) is 0 Å². The Morgan fingerprint density at radius 2 is 1.32 bits per heavy atom. The van der Waals surface area contributed by atoms with Crippen molar-refractivity contribution in [3.63, 3.8) is 0 Å². The second-order valence-corrected chi connectivity index (χ2v) is 4.31. The van der Waals surface area contributed by atoms with Crippen LogP contribution in [-0.4, -0.2) is 64.8 Å². The zero-order valence-electron chi connectivity index (χ0n) is 13.4. The molecule has 128 valence electrons. The first-order valence-corrected chi connectivity index (χ1v) is 7.29. The van der Waals surface area contributed by atoms with Gasteiger partial charge in [0, 0.05) is 5.57 Å². The molecule has 0 atom stereocenters. The summed E-state index contributed by atoms with van der Waals surface area (Å²) in [5.74, 6) is -0.677. The topological polar surface area (TPSA) is 80.3 Å². The summed E-state index contributed by atoms with van der Waals surface area (Å²) in [6.07, 6.45) is 0.250. The molecule has 0 radical (unpaired) electrons. The third-order valence-corrected chi connectivity index (χ3v) is 2.31. The maximum Gasteiger partial charge on any atom is 0.333 e. The Bertz CT molecular complexity index is 328. The molecule has 0 heterocycles. The lowest BCUT2D eigenvalue weighted by atomic mass is 10.4. The van der Waals surface area contributed by atoms with E-state index < -0.39 is 5.97 Å². The second-order valence-electron chi connectivity index (χ2n) is 4.31. The highest BCUT2D eigenvalue weighted by atomic mass is 16.6. The molecule has 0 unspecified atom stereocenters. The summed E-state index contributed by atoms with van der Waals surface area (Å²) in [5, 5.41) is 0. The number of carbonyl (C=O) groups excluding carboxylic acids is 2. The second kappa shape index (κ2) is 14.5. The van der Waals surface area contributed by atoms with Crippen molar-refractivity contribution in [1.82, 2.24) is 0 Å². The quantitative estimate of drug-likeness (QED) is 0.269. The number of carbonyl (C=O) groups is 2. The minimum Gasteiger partial charge on any atom is -0.466 e. The van der Waals surface area contributed by atoms with Crippen molar-refractivity contribution >= 4 is 11.9 Å². The first-order chi connectivity index (χ1) is 10.6. The average Bonchev–Trinajstić information content (AvgIpc) is 2.48. The van der Waals surface area contributed by atoms with Gasteiger partial charge in [0.05, 0.1) is 52.7 Å². The molecule has 7 nitrogen and oxygen atoms in total. The summed E-state index contributed by atoms with van der Waals surface area (Å²) in [5.41, 5.74) is 0.367. The summed E-state index contributed by atoms with van der Waals surface area (Å²) < 4.78 is 25.3. The highest BCUT2D eigenvalue weighted by Crippen LogP contribution is 1.92. The van der Waals surface area contributed by atoms with Gasteiger partial charge in [0.1, 0.15) is 6.61 Å². The normalized spacial score (nSPS) is 10.3. The zero-order chi connectivity index (χ0) is 16.6. The van der Waals surface area contributed by atoms with Crippen LogP contribution in [0.25, 0.3) is 0 Å². The Hall–Kier alpha value is -1.44. The number of hydrogen-bond acceptors (Lipinski definition) is 7. The summed E-state index contributed by atoms with van der Waals surface area (Å²) in [7, 11) is 0. The summed E-state index contributed by atoms with van der Waals surface area (Å²) in [6.45, 7) is 9.72. The lowest BCUT2D eigenvalue weighted by Gasteiger charge is -2.07. The monoisotopic (exact) mass is 318 g/mol. The number of ether oxygens (including phenoxy) is 5. The number of esters is 2. The third-order valence-electron chi connectivity index (χ3n) is 2.31. The minimum absolute atomic E-state index is 0.197. The van der Waals surface area contributed by atoms with Crippen LogP contribution >= 0.6 is 0 Å². The Morgan fingerprint density at radius 3 is 1.82 bits per heavy atom. The molecule has 0 aromatic carbocycles. The van der Waals surface area contributed by atoms with Crippen molar-refractivity contribution < 1.29 is 33.3 Å². The summed E-state index contributed by atoms with van der Waals surface area (Å²) in [6, 6.07) is 0. The SMILES string of the molecule is C=C(C)C(=O)OCCOCCOCCOCCC(=O)OCC. The van der Waals surface area contributed by atoms with E-state index in [1.54, 1.807) is 13.8 Å². The molecule has 0 N–H and O–H groups in total. The van der Waals surface area contributed by atoms with E-state index in [4.69, 9.17) is 23.7 Å². The van der Waals surface area contributed by atoms with Gasteiger partial charge in [-0.2, -0.15) is 0 Å². The Labute approximate surface area is 131 Å². The van der Waals surface area contributed by atoms with Gasteiger partial charge in [-0.15, -0.1) is 0 Å². The highest BCUT2D eigenvalue weighted by molar-refractivity contribution is 5.86. The average molecular weight is 318 g/mol. The molecule has 0 bridgehead atoms. The molecule has 0 aliphatic carbocycles. The fourth-order valence-electron chi connectivity index (χ4n) is 1.25. The predicted molar refractivity (Wildman–Crippen MR) is 79.5 cm³/mol. The fourth-order valence-corrected chi connectivity index (χ4v) is 1.25. The van der Waals surface area contributed by atoms with Gasteiger partial charge in [-0.1, -0.05) is 6.58 Å². The van der Waals surface area contributed by atoms with E-state index in [0.29, 0.717) is 51.8 Å². The molecule has 0 amide bonds. The molecule has 0 aromatic rings. The molecule has 0 fully saturated rings. The van der Waals surface area contributed by atoms with E-state index in [-0.39, 0.29) is 19.0 Å². The van der Waals surface area contributed by atoms with E-state index in [1.165, 1.54) is 0 Å². The van der Waals surface area contributed by atoms with E-state index in [1.807, 2.05) is 0 Å². The Morgan fingerprint density at radius 1 is 0.818 bits per heavy atom. The fraction of sp³-hybridized carbons (Fsp3) is 0.733. The molecular formula is C15H26O7. The van der Waals surface area contributed by atoms with Crippen molar-refractivity contribution in [2.45, 2.75) is 20.3 Å². The molecule has 22 heavy (non-hydrogen) atoms. The van der Waals surface area contributed by atoms with Crippen LogP contribution in [0.15, 0.2) is 12.2 Å². The molecule has 0 aromatic heterocycles. The van der Waals surface area contributed by atoms with Crippen LogP contribution in [0.1, 0.15) is 20.3 Å². The van der Waals surface area contributed by atoms with Gasteiger partial charge < -0.3 is 23.7 Å². The van der Waals surface area contributed by atoms with Gasteiger partial charge in [0.2, 0.25) is 0 Å². The van der Waals surface area contributed by atoms with Gasteiger partial charge in [-0.3, -0.25) is 4.79 Å². The number of rotatable bonds is 14. The van der Waals surface area contributed by atoms with Crippen LogP contribution in [0.5, 0.6) is 0 Å². The van der Waals surface area contributed by atoms with E-state index in [0.717, 1.165) is 0 Å². The smallest absolute Gasteiger partial charge is 0.333 e. The van der Waals surface area contributed by atoms with Crippen molar-refractivity contribution in [1.29, 1.82) is 0 Å². The molecular weight excluding hydrogens is 292 g/mol. The van der Waals surface area contributed by atoms with Crippen LogP contribution in [-0.2, 0) is 33.3 Å². The van der Waals surface area contributed by atoms with Crippen LogP contribution < -0.4 is 0 Å². The van der Waals surface area contributed by atoms with Gasteiger partial charge in [-0.25, -0.2) is 4.79 Å².